The molecule has 1 N–H and O–H groups in total. The van der Waals surface area contributed by atoms with E-state index in [2.05, 4.69) is 25.2 Å². The van der Waals surface area contributed by atoms with Crippen molar-refractivity contribution in [2.75, 3.05) is 11.9 Å². The second-order valence-corrected chi connectivity index (χ2v) is 4.47. The molecule has 0 spiro atoms. The quantitative estimate of drug-likeness (QED) is 0.797. The van der Waals surface area contributed by atoms with Crippen molar-refractivity contribution < 1.29 is 4.74 Å². The summed E-state index contributed by atoms with van der Waals surface area (Å²) in [4.78, 5) is 0. The Morgan fingerprint density at radius 2 is 1.93 bits per heavy atom. The maximum atomic E-state index is 5.62. The van der Waals surface area contributed by atoms with Crippen LogP contribution < -0.4 is 10.1 Å². The molecule has 0 unspecified atom stereocenters. The molecule has 0 saturated heterocycles. The summed E-state index contributed by atoms with van der Waals surface area (Å²) in [6.07, 6.45) is 0.227. The Hall–Kier alpha value is -1.18. The third kappa shape index (κ3) is 4.73. The fourth-order valence-corrected chi connectivity index (χ4v) is 1.27. The van der Waals surface area contributed by atoms with Gasteiger partial charge in [0, 0.05) is 18.3 Å². The van der Waals surface area contributed by atoms with Gasteiger partial charge in [-0.05, 0) is 31.9 Å². The highest BCUT2D eigenvalue weighted by atomic mass is 16.5. The lowest BCUT2D eigenvalue weighted by Gasteiger charge is -2.12. The standard InChI is InChI=1S/C13H21NO/c1-10(2)9-14-12-6-5-7-13(8-12)15-11(3)4/h5-8,10-11,14H,9H2,1-4H3. The summed E-state index contributed by atoms with van der Waals surface area (Å²) in [5.74, 6) is 1.58. The molecule has 0 fully saturated rings. The molecule has 0 aliphatic heterocycles. The average Bonchev–Trinajstić information content (AvgIpc) is 2.14. The Morgan fingerprint density at radius 3 is 2.53 bits per heavy atom. The number of nitrogens with one attached hydrogen (secondary N) is 1. The minimum absolute atomic E-state index is 0.227. The Kier molecular flexibility index (Phi) is 4.47. The van der Waals surface area contributed by atoms with Crippen molar-refractivity contribution >= 4 is 5.69 Å². The van der Waals surface area contributed by atoms with Crippen molar-refractivity contribution in [3.63, 3.8) is 0 Å². The van der Waals surface area contributed by atoms with Crippen LogP contribution in [0.1, 0.15) is 27.7 Å². The van der Waals surface area contributed by atoms with Crippen molar-refractivity contribution in [1.82, 2.24) is 0 Å². The Balaban J connectivity index is 2.57. The summed E-state index contributed by atoms with van der Waals surface area (Å²) in [6.45, 7) is 9.45. The van der Waals surface area contributed by atoms with Gasteiger partial charge < -0.3 is 10.1 Å². The van der Waals surface area contributed by atoms with Crippen LogP contribution in [0.5, 0.6) is 5.75 Å². The molecule has 15 heavy (non-hydrogen) atoms. The van der Waals surface area contributed by atoms with Crippen LogP contribution in [0.25, 0.3) is 0 Å². The number of anilines is 1. The summed E-state index contributed by atoms with van der Waals surface area (Å²) in [6, 6.07) is 8.11. The number of ether oxygens (including phenoxy) is 1. The normalized spacial score (nSPS) is 10.8. The highest BCUT2D eigenvalue weighted by Crippen LogP contribution is 2.18. The molecular formula is C13H21NO. The molecule has 1 aromatic carbocycles. The monoisotopic (exact) mass is 207 g/mol. The molecule has 0 radical (unpaired) electrons. The second kappa shape index (κ2) is 5.64. The molecular weight excluding hydrogens is 186 g/mol. The Morgan fingerprint density at radius 1 is 1.20 bits per heavy atom. The van der Waals surface area contributed by atoms with Crippen LogP contribution >= 0.6 is 0 Å². The van der Waals surface area contributed by atoms with E-state index in [0.717, 1.165) is 18.0 Å². The molecule has 0 aliphatic carbocycles. The van der Waals surface area contributed by atoms with Crippen LogP contribution in [-0.4, -0.2) is 12.6 Å². The van der Waals surface area contributed by atoms with Gasteiger partial charge in [0.25, 0.3) is 0 Å². The van der Waals surface area contributed by atoms with E-state index < -0.39 is 0 Å². The van der Waals surface area contributed by atoms with Gasteiger partial charge in [-0.25, -0.2) is 0 Å². The van der Waals surface area contributed by atoms with Gasteiger partial charge >= 0.3 is 0 Å². The van der Waals surface area contributed by atoms with Gasteiger partial charge in [0.1, 0.15) is 5.75 Å². The van der Waals surface area contributed by atoms with Gasteiger partial charge in [-0.1, -0.05) is 19.9 Å². The average molecular weight is 207 g/mol. The largest absolute Gasteiger partial charge is 0.491 e. The van der Waals surface area contributed by atoms with E-state index in [4.69, 9.17) is 4.74 Å². The second-order valence-electron chi connectivity index (χ2n) is 4.47. The van der Waals surface area contributed by atoms with E-state index in [1.54, 1.807) is 0 Å². The zero-order valence-electron chi connectivity index (χ0n) is 10.1. The lowest BCUT2D eigenvalue weighted by Crippen LogP contribution is -2.09. The molecule has 1 rings (SSSR count). The van der Waals surface area contributed by atoms with Crippen LogP contribution in [0.4, 0.5) is 5.69 Å². The highest BCUT2D eigenvalue weighted by molar-refractivity contribution is 5.48. The minimum Gasteiger partial charge on any atom is -0.491 e. The van der Waals surface area contributed by atoms with Gasteiger partial charge in [-0.15, -0.1) is 0 Å². The van der Waals surface area contributed by atoms with Gasteiger partial charge in [0.2, 0.25) is 0 Å². The third-order valence-electron chi connectivity index (χ3n) is 1.92. The number of rotatable bonds is 5. The van der Waals surface area contributed by atoms with Gasteiger partial charge in [-0.2, -0.15) is 0 Å². The minimum atomic E-state index is 0.227. The summed E-state index contributed by atoms with van der Waals surface area (Å²) in [7, 11) is 0. The topological polar surface area (TPSA) is 21.3 Å². The Labute approximate surface area is 92.6 Å². The smallest absolute Gasteiger partial charge is 0.121 e. The van der Waals surface area contributed by atoms with E-state index in [9.17, 15) is 0 Å². The maximum absolute atomic E-state index is 5.62. The lowest BCUT2D eigenvalue weighted by atomic mass is 10.2. The zero-order chi connectivity index (χ0) is 11.3. The SMILES string of the molecule is CC(C)CNc1cccc(OC(C)C)c1. The number of hydrogen-bond acceptors (Lipinski definition) is 2. The summed E-state index contributed by atoms with van der Waals surface area (Å²) >= 11 is 0. The van der Waals surface area contributed by atoms with Crippen molar-refractivity contribution in [3.8, 4) is 5.75 Å². The van der Waals surface area contributed by atoms with Crippen LogP contribution in [0.2, 0.25) is 0 Å². The van der Waals surface area contributed by atoms with Crippen LogP contribution in [0, 0.1) is 5.92 Å². The van der Waals surface area contributed by atoms with Crippen molar-refractivity contribution in [2.45, 2.75) is 33.8 Å². The van der Waals surface area contributed by atoms with Gasteiger partial charge in [-0.3, -0.25) is 0 Å². The van der Waals surface area contributed by atoms with E-state index >= 15 is 0 Å². The molecule has 0 heterocycles. The first kappa shape index (κ1) is 11.9. The molecule has 0 aliphatic rings. The fourth-order valence-electron chi connectivity index (χ4n) is 1.27. The first-order valence-electron chi connectivity index (χ1n) is 5.58. The van der Waals surface area contributed by atoms with E-state index in [-0.39, 0.29) is 6.10 Å². The van der Waals surface area contributed by atoms with Crippen molar-refractivity contribution in [2.24, 2.45) is 5.92 Å². The first-order chi connectivity index (χ1) is 7.08. The molecule has 2 nitrogen and oxygen atoms in total. The summed E-state index contributed by atoms with van der Waals surface area (Å²) < 4.78 is 5.62. The number of hydrogen-bond donors (Lipinski definition) is 1. The molecule has 0 atom stereocenters. The van der Waals surface area contributed by atoms with Crippen molar-refractivity contribution in [3.05, 3.63) is 24.3 Å². The van der Waals surface area contributed by atoms with E-state index in [1.165, 1.54) is 0 Å². The molecule has 0 bridgehead atoms. The first-order valence-corrected chi connectivity index (χ1v) is 5.58. The lowest BCUT2D eigenvalue weighted by molar-refractivity contribution is 0.242. The van der Waals surface area contributed by atoms with Crippen LogP contribution in [0.3, 0.4) is 0 Å². The summed E-state index contributed by atoms with van der Waals surface area (Å²) in [5, 5.41) is 3.38. The molecule has 0 saturated carbocycles. The van der Waals surface area contributed by atoms with Crippen molar-refractivity contribution in [1.29, 1.82) is 0 Å². The van der Waals surface area contributed by atoms with Crippen LogP contribution in [0.15, 0.2) is 24.3 Å². The molecule has 1 aromatic rings. The fraction of sp³-hybridized carbons (Fsp3) is 0.538. The molecule has 0 amide bonds. The molecule has 84 valence electrons. The predicted molar refractivity (Wildman–Crippen MR) is 65.5 cm³/mol. The zero-order valence-corrected chi connectivity index (χ0v) is 10.1. The van der Waals surface area contributed by atoms with Gasteiger partial charge in [0.05, 0.1) is 6.10 Å². The number of benzene rings is 1. The third-order valence-corrected chi connectivity index (χ3v) is 1.92. The van der Waals surface area contributed by atoms with Gasteiger partial charge in [0.15, 0.2) is 0 Å². The Bertz CT molecular complexity index is 294. The van der Waals surface area contributed by atoms with E-state index in [0.29, 0.717) is 5.92 Å². The predicted octanol–water partition coefficient (Wildman–Crippen LogP) is 3.54. The molecule has 0 aromatic heterocycles. The highest BCUT2D eigenvalue weighted by Gasteiger charge is 1.99. The van der Waals surface area contributed by atoms with E-state index in [1.807, 2.05) is 32.0 Å². The summed E-state index contributed by atoms with van der Waals surface area (Å²) in [5.41, 5.74) is 1.13. The van der Waals surface area contributed by atoms with Crippen LogP contribution in [-0.2, 0) is 0 Å². The molecule has 2 heteroatoms. The maximum Gasteiger partial charge on any atom is 0.121 e.